The number of alkyl halides is 2. The van der Waals surface area contributed by atoms with Crippen molar-refractivity contribution in [2.45, 2.75) is 12.7 Å². The summed E-state index contributed by atoms with van der Waals surface area (Å²) in [5, 5.41) is 8.90. The molecule has 5 nitrogen and oxygen atoms in total. The first kappa shape index (κ1) is 11.6. The predicted molar refractivity (Wildman–Crippen MR) is 60.8 cm³/mol. The highest BCUT2D eigenvalue weighted by Gasteiger charge is 2.32. The Morgan fingerprint density at radius 3 is 2.79 bits per heavy atom. The smallest absolute Gasteiger partial charge is 0.341 e. The summed E-state index contributed by atoms with van der Waals surface area (Å²) < 4.78 is 32.7. The van der Waals surface area contributed by atoms with Gasteiger partial charge in [0.25, 0.3) is 6.36 Å². The van der Waals surface area contributed by atoms with E-state index >= 15 is 0 Å². The highest BCUT2D eigenvalue weighted by molar-refractivity contribution is 5.94. The zero-order valence-corrected chi connectivity index (χ0v) is 9.34. The third kappa shape index (κ3) is 1.51. The van der Waals surface area contributed by atoms with Crippen LogP contribution in [-0.2, 0) is 0 Å². The summed E-state index contributed by atoms with van der Waals surface area (Å²) in [7, 11) is 0. The average molecular weight is 267 g/mol. The van der Waals surface area contributed by atoms with Crippen LogP contribution in [0.3, 0.4) is 0 Å². The van der Waals surface area contributed by atoms with E-state index in [1.165, 1.54) is 18.2 Å². The Bertz CT molecular complexity index is 755. The molecule has 2 atom stereocenters. The number of pyridine rings is 1. The molecule has 19 heavy (non-hydrogen) atoms. The van der Waals surface area contributed by atoms with E-state index in [1.807, 2.05) is 0 Å². The van der Waals surface area contributed by atoms with Gasteiger partial charge >= 0.3 is 5.97 Å². The Morgan fingerprint density at radius 1 is 1.37 bits per heavy atom. The lowest BCUT2D eigenvalue weighted by Gasteiger charge is -2.26. The topological polar surface area (TPSA) is 68.5 Å². The molecule has 0 bridgehead atoms. The average Bonchev–Trinajstić information content (AvgIpc) is 2.37. The number of carbonyl (C=O) groups is 1. The van der Waals surface area contributed by atoms with E-state index in [9.17, 15) is 18.4 Å². The second kappa shape index (κ2) is 3.78. The zero-order chi connectivity index (χ0) is 13.7. The number of nitrogens with zero attached hydrogens (tertiary/aromatic N) is 1. The van der Waals surface area contributed by atoms with Crippen LogP contribution >= 0.6 is 0 Å². The maximum Gasteiger partial charge on any atom is 0.341 e. The number of para-hydroxylation sites is 1. The quantitative estimate of drug-likeness (QED) is 0.856. The minimum Gasteiger partial charge on any atom is -0.477 e. The molecule has 3 rings (SSSR count). The van der Waals surface area contributed by atoms with Crippen molar-refractivity contribution in [3.8, 4) is 5.75 Å². The molecule has 0 saturated heterocycles. The van der Waals surface area contributed by atoms with Gasteiger partial charge in [0.1, 0.15) is 11.3 Å². The van der Waals surface area contributed by atoms with Crippen LogP contribution in [0.2, 0.25) is 0 Å². The highest BCUT2D eigenvalue weighted by atomic mass is 19.2. The van der Waals surface area contributed by atoms with Crippen LogP contribution in [-0.4, -0.2) is 22.0 Å². The minimum atomic E-state index is -2.25. The second-order valence-corrected chi connectivity index (χ2v) is 4.08. The molecule has 1 N–H and O–H groups in total. The van der Waals surface area contributed by atoms with Gasteiger partial charge in [-0.3, -0.25) is 4.79 Å². The summed E-state index contributed by atoms with van der Waals surface area (Å²) in [4.78, 5) is 22.9. The van der Waals surface area contributed by atoms with Crippen molar-refractivity contribution in [1.29, 1.82) is 0 Å². The fourth-order valence-corrected chi connectivity index (χ4v) is 2.12. The summed E-state index contributed by atoms with van der Waals surface area (Å²) in [5.74, 6) is -1.48. The van der Waals surface area contributed by atoms with E-state index < -0.39 is 29.6 Å². The molecule has 98 valence electrons. The summed E-state index contributed by atoms with van der Waals surface area (Å²) in [5.41, 5.74) is -1.31. The number of halogens is 2. The molecule has 0 radical (unpaired) electrons. The molecule has 2 aromatic rings. The number of hydrogen-bond acceptors (Lipinski definition) is 3. The van der Waals surface area contributed by atoms with Gasteiger partial charge in [0.15, 0.2) is 0 Å². The van der Waals surface area contributed by atoms with Gasteiger partial charge in [-0.05, 0) is 12.1 Å². The number of rotatable bonds is 1. The molecule has 7 heteroatoms. The van der Waals surface area contributed by atoms with Crippen molar-refractivity contribution < 1.29 is 23.4 Å². The normalized spacial score (nSPS) is 21.2. The SMILES string of the molecule is O=C(O)c1cn2c3c(cccc3c1=O)OC(F)C2F. The molecule has 2 heterocycles. The van der Waals surface area contributed by atoms with Crippen LogP contribution in [0.4, 0.5) is 8.78 Å². The van der Waals surface area contributed by atoms with Gasteiger partial charge in [0, 0.05) is 6.20 Å². The Balaban J connectivity index is 2.49. The molecule has 1 aromatic carbocycles. The van der Waals surface area contributed by atoms with Crippen LogP contribution in [0.25, 0.3) is 10.9 Å². The van der Waals surface area contributed by atoms with Gasteiger partial charge in [-0.25, -0.2) is 9.18 Å². The number of hydrogen-bond donors (Lipinski definition) is 1. The van der Waals surface area contributed by atoms with E-state index in [4.69, 9.17) is 9.84 Å². The maximum absolute atomic E-state index is 13.8. The number of ether oxygens (including phenoxy) is 1. The fraction of sp³-hybridized carbons (Fsp3) is 0.167. The van der Waals surface area contributed by atoms with Gasteiger partial charge in [-0.2, -0.15) is 4.39 Å². The van der Waals surface area contributed by atoms with E-state index in [1.54, 1.807) is 0 Å². The van der Waals surface area contributed by atoms with Crippen LogP contribution in [0.15, 0.2) is 29.2 Å². The lowest BCUT2D eigenvalue weighted by molar-refractivity contribution is -0.0465. The summed E-state index contributed by atoms with van der Waals surface area (Å²) >= 11 is 0. The molecule has 0 spiro atoms. The van der Waals surface area contributed by atoms with Crippen molar-refractivity contribution in [1.82, 2.24) is 4.57 Å². The fourth-order valence-electron chi connectivity index (χ4n) is 2.12. The van der Waals surface area contributed by atoms with Gasteiger partial charge in [0.2, 0.25) is 11.7 Å². The van der Waals surface area contributed by atoms with Crippen molar-refractivity contribution in [2.24, 2.45) is 0 Å². The molecule has 1 aliphatic rings. The van der Waals surface area contributed by atoms with Crippen LogP contribution in [0.1, 0.15) is 16.7 Å². The molecule has 0 fully saturated rings. The van der Waals surface area contributed by atoms with Crippen LogP contribution < -0.4 is 10.2 Å². The number of benzene rings is 1. The molecule has 0 aliphatic carbocycles. The lowest BCUT2D eigenvalue weighted by atomic mass is 10.1. The number of carboxylic acids is 1. The molecule has 1 aromatic heterocycles. The van der Waals surface area contributed by atoms with Gasteiger partial charge in [0.05, 0.1) is 10.9 Å². The predicted octanol–water partition coefficient (Wildman–Crippen LogP) is 1.86. The highest BCUT2D eigenvalue weighted by Crippen LogP contribution is 2.35. The Hall–Kier alpha value is -2.44. The molecule has 0 saturated carbocycles. The van der Waals surface area contributed by atoms with Gasteiger partial charge in [-0.15, -0.1) is 0 Å². The molecule has 0 amide bonds. The zero-order valence-electron chi connectivity index (χ0n) is 9.34. The van der Waals surface area contributed by atoms with Crippen molar-refractivity contribution >= 4 is 16.9 Å². The third-order valence-electron chi connectivity index (χ3n) is 2.97. The summed E-state index contributed by atoms with van der Waals surface area (Å²) in [6.45, 7) is 0. The van der Waals surface area contributed by atoms with Crippen molar-refractivity contribution in [3.63, 3.8) is 0 Å². The van der Waals surface area contributed by atoms with E-state index in [0.717, 1.165) is 10.8 Å². The Labute approximate surface area is 104 Å². The number of carboxylic acid groups (broad SMARTS) is 1. The van der Waals surface area contributed by atoms with Crippen LogP contribution in [0, 0.1) is 0 Å². The van der Waals surface area contributed by atoms with Crippen molar-refractivity contribution in [2.75, 3.05) is 0 Å². The molecule has 2 unspecified atom stereocenters. The first-order chi connectivity index (χ1) is 9.00. The lowest BCUT2D eigenvalue weighted by Crippen LogP contribution is -2.30. The van der Waals surface area contributed by atoms with Gasteiger partial charge < -0.3 is 14.4 Å². The number of aromatic nitrogens is 1. The summed E-state index contributed by atoms with van der Waals surface area (Å²) in [6.07, 6.45) is -3.64. The van der Waals surface area contributed by atoms with Crippen molar-refractivity contribution in [3.05, 3.63) is 40.2 Å². The van der Waals surface area contributed by atoms with Gasteiger partial charge in [-0.1, -0.05) is 6.07 Å². The molecular weight excluding hydrogens is 260 g/mol. The van der Waals surface area contributed by atoms with Crippen LogP contribution in [0.5, 0.6) is 5.75 Å². The minimum absolute atomic E-state index is 0.00735. The Kier molecular flexibility index (Phi) is 2.31. The van der Waals surface area contributed by atoms with E-state index in [0.29, 0.717) is 0 Å². The third-order valence-corrected chi connectivity index (χ3v) is 2.97. The molecule has 1 aliphatic heterocycles. The molecular formula is C12H7F2NO4. The first-order valence-corrected chi connectivity index (χ1v) is 5.36. The largest absolute Gasteiger partial charge is 0.477 e. The first-order valence-electron chi connectivity index (χ1n) is 5.36. The second-order valence-electron chi connectivity index (χ2n) is 4.08. The van der Waals surface area contributed by atoms with E-state index in [2.05, 4.69) is 0 Å². The number of aromatic carboxylic acids is 1. The summed E-state index contributed by atoms with van der Waals surface area (Å²) in [6, 6.07) is 4.15. The maximum atomic E-state index is 13.8. The monoisotopic (exact) mass is 267 g/mol. The van der Waals surface area contributed by atoms with E-state index in [-0.39, 0.29) is 16.7 Å². The standard InChI is InChI=1S/C12H7F2NO4/c13-10-11(14)19-7-3-1-2-5-8(7)15(10)4-6(9(5)16)12(17)18/h1-4,10-11H,(H,17,18). The Morgan fingerprint density at radius 2 is 2.11 bits per heavy atom.